The highest BCUT2D eigenvalue weighted by Gasteiger charge is 2.39. The topological polar surface area (TPSA) is 281 Å². The Labute approximate surface area is 419 Å². The molecule has 73 heavy (non-hydrogen) atoms. The van der Waals surface area contributed by atoms with E-state index in [4.69, 9.17) is 42.6 Å². The molecule has 1 aromatic carbocycles. The standard InChI is InChI=1S/C50H57N3O20/c1-6-40(54)65-25-26-71-46(60)37-16-10-7-13-34(37)43(57)66-22-19-51-31-52(20-23-67-44(58)35-14-8-11-17-38(35)47(61)72-29-27-69-41(55)32(2)3)50(64)53(49(51)63)21-24-68-45(59)36-15-9-12-18-39(36)48(62)73-30-28-70-42(56)33(4)5/h8-9,11-18,36,39H,2,4,6-7,10,19-31H2,1,3,5H3. The largest absolute Gasteiger partial charge is 0.463 e. The highest BCUT2D eigenvalue weighted by atomic mass is 16.6. The number of imide groups is 1. The molecule has 0 aromatic heterocycles. The molecule has 0 bridgehead atoms. The minimum atomic E-state index is -1.17. The number of ether oxygens (including phenoxy) is 9. The molecule has 3 aliphatic rings. The van der Waals surface area contributed by atoms with Gasteiger partial charge in [0.1, 0.15) is 59.5 Å². The molecule has 23 nitrogen and oxygen atoms in total. The molecule has 1 saturated heterocycles. The zero-order valence-electron chi connectivity index (χ0n) is 40.7. The second-order valence-corrected chi connectivity index (χ2v) is 15.9. The number of amides is 4. The summed E-state index contributed by atoms with van der Waals surface area (Å²) < 4.78 is 46.6. The van der Waals surface area contributed by atoms with Gasteiger partial charge >= 0.3 is 65.8 Å². The van der Waals surface area contributed by atoms with Gasteiger partial charge in [0.05, 0.1) is 60.4 Å². The highest BCUT2D eigenvalue weighted by Crippen LogP contribution is 2.24. The van der Waals surface area contributed by atoms with Crippen LogP contribution in [0.25, 0.3) is 0 Å². The first-order valence-electron chi connectivity index (χ1n) is 23.0. The number of nitrogens with zero attached hydrogens (tertiary/aromatic N) is 3. The Balaban J connectivity index is 1.41. The number of esters is 9. The van der Waals surface area contributed by atoms with Crippen LogP contribution in [0.4, 0.5) is 9.59 Å². The second-order valence-electron chi connectivity index (χ2n) is 15.9. The lowest BCUT2D eigenvalue weighted by Gasteiger charge is -2.40. The van der Waals surface area contributed by atoms with Gasteiger partial charge in [0.25, 0.3) is 0 Å². The van der Waals surface area contributed by atoms with Crippen LogP contribution in [0.2, 0.25) is 0 Å². The minimum absolute atomic E-state index is 0.0650. The maximum atomic E-state index is 13.9. The summed E-state index contributed by atoms with van der Waals surface area (Å²) in [6.07, 6.45) is 9.81. The third kappa shape index (κ3) is 17.5. The van der Waals surface area contributed by atoms with Crippen LogP contribution in [0.15, 0.2) is 96.2 Å². The Morgan fingerprint density at radius 2 is 0.904 bits per heavy atom. The van der Waals surface area contributed by atoms with Crippen LogP contribution in [0.3, 0.4) is 0 Å². The summed E-state index contributed by atoms with van der Waals surface area (Å²) in [6, 6.07) is 3.81. The van der Waals surface area contributed by atoms with Gasteiger partial charge in [-0.15, -0.1) is 0 Å². The summed E-state index contributed by atoms with van der Waals surface area (Å²) in [4.78, 5) is 144. The van der Waals surface area contributed by atoms with E-state index in [1.54, 1.807) is 6.92 Å². The molecule has 1 aliphatic heterocycles. The molecule has 2 atom stereocenters. The van der Waals surface area contributed by atoms with Crippen molar-refractivity contribution in [2.24, 2.45) is 11.8 Å². The van der Waals surface area contributed by atoms with Crippen molar-refractivity contribution in [3.8, 4) is 0 Å². The molecule has 4 amide bonds. The van der Waals surface area contributed by atoms with Crippen molar-refractivity contribution in [3.63, 3.8) is 0 Å². The van der Waals surface area contributed by atoms with Gasteiger partial charge in [-0.3, -0.25) is 14.4 Å². The predicted molar refractivity (Wildman–Crippen MR) is 250 cm³/mol. The van der Waals surface area contributed by atoms with E-state index in [0.29, 0.717) is 12.8 Å². The molecule has 2 unspecified atom stereocenters. The number of hydrogen-bond acceptors (Lipinski definition) is 20. The molecular formula is C50H57N3O20. The lowest BCUT2D eigenvalue weighted by atomic mass is 9.88. The van der Waals surface area contributed by atoms with Crippen molar-refractivity contribution >= 4 is 65.8 Å². The van der Waals surface area contributed by atoms with E-state index in [0.717, 1.165) is 14.7 Å². The number of benzene rings is 1. The maximum Gasteiger partial charge on any atom is 0.339 e. The Kier molecular flexibility index (Phi) is 22.8. The lowest BCUT2D eigenvalue weighted by Crippen LogP contribution is -2.62. The van der Waals surface area contributed by atoms with E-state index in [-0.39, 0.29) is 92.6 Å². The van der Waals surface area contributed by atoms with Crippen LogP contribution in [-0.2, 0) is 76.2 Å². The van der Waals surface area contributed by atoms with Crippen molar-refractivity contribution in [1.82, 2.24) is 14.7 Å². The number of allylic oxidation sites excluding steroid dienone is 4. The molecule has 1 aromatic rings. The van der Waals surface area contributed by atoms with Gasteiger partial charge in [0.15, 0.2) is 0 Å². The first-order chi connectivity index (χ1) is 34.9. The van der Waals surface area contributed by atoms with Crippen molar-refractivity contribution in [1.29, 1.82) is 0 Å². The molecule has 0 N–H and O–H groups in total. The summed E-state index contributed by atoms with van der Waals surface area (Å²) in [5.41, 5.74) is -0.201. The Hall–Kier alpha value is -8.37. The summed E-state index contributed by atoms with van der Waals surface area (Å²) in [7, 11) is 0. The Morgan fingerprint density at radius 3 is 1.37 bits per heavy atom. The van der Waals surface area contributed by atoms with E-state index in [2.05, 4.69) is 13.2 Å². The number of rotatable bonds is 27. The molecule has 0 spiro atoms. The fourth-order valence-corrected chi connectivity index (χ4v) is 6.65. The molecule has 23 heteroatoms. The molecule has 4 rings (SSSR count). The summed E-state index contributed by atoms with van der Waals surface area (Å²) in [5, 5.41) is 0. The zero-order chi connectivity index (χ0) is 53.5. The van der Waals surface area contributed by atoms with Gasteiger partial charge in [-0.05, 0) is 38.8 Å². The fraction of sp³-hybridized carbons (Fsp3) is 0.420. The molecular weight excluding hydrogens is 963 g/mol. The normalized spacial score (nSPS) is 16.0. The summed E-state index contributed by atoms with van der Waals surface area (Å²) in [5.74, 6) is -9.49. The molecule has 392 valence electrons. The first-order valence-corrected chi connectivity index (χ1v) is 23.0. The Morgan fingerprint density at radius 1 is 0.521 bits per heavy atom. The third-order valence-electron chi connectivity index (χ3n) is 10.4. The van der Waals surface area contributed by atoms with Crippen molar-refractivity contribution in [2.75, 3.05) is 85.8 Å². The van der Waals surface area contributed by atoms with E-state index >= 15 is 0 Å². The first kappa shape index (κ1) is 57.2. The monoisotopic (exact) mass is 1020 g/mol. The molecule has 2 aliphatic carbocycles. The quantitative estimate of drug-likeness (QED) is 0.0528. The average Bonchev–Trinajstić information content (AvgIpc) is 3.39. The molecule has 0 radical (unpaired) electrons. The summed E-state index contributed by atoms with van der Waals surface area (Å²) in [6.45, 7) is 6.87. The van der Waals surface area contributed by atoms with Gasteiger partial charge in [0, 0.05) is 17.6 Å². The van der Waals surface area contributed by atoms with E-state index in [1.807, 2.05) is 0 Å². The van der Waals surface area contributed by atoms with Crippen LogP contribution >= 0.6 is 0 Å². The SMILES string of the molecule is C=C(C)C(=O)OCCOC(=O)c1ccccc1C(=O)OCCN1CN(CCOC(=O)C2=CCCC=C2C(=O)OCCOC(=O)CC)C(=O)N(CCOC(=O)C2C=CC=CC2C(=O)OCCOC(=O)C(=C)C)C1=O. The number of hydrogen-bond donors (Lipinski definition) is 0. The molecule has 0 saturated carbocycles. The van der Waals surface area contributed by atoms with Crippen LogP contribution < -0.4 is 0 Å². The van der Waals surface area contributed by atoms with Crippen LogP contribution in [0.5, 0.6) is 0 Å². The predicted octanol–water partition coefficient (Wildman–Crippen LogP) is 3.49. The smallest absolute Gasteiger partial charge is 0.339 e. The highest BCUT2D eigenvalue weighted by molar-refractivity contribution is 6.07. The van der Waals surface area contributed by atoms with Crippen LogP contribution in [0.1, 0.15) is 60.7 Å². The van der Waals surface area contributed by atoms with Crippen LogP contribution in [0, 0.1) is 11.8 Å². The summed E-state index contributed by atoms with van der Waals surface area (Å²) >= 11 is 0. The number of carbonyl (C=O) groups excluding carboxylic acids is 11. The van der Waals surface area contributed by atoms with E-state index in [9.17, 15) is 52.7 Å². The van der Waals surface area contributed by atoms with Gasteiger partial charge in [-0.2, -0.15) is 0 Å². The Bertz CT molecular complexity index is 2430. The number of carbonyl (C=O) groups is 11. The molecule has 1 fully saturated rings. The third-order valence-corrected chi connectivity index (χ3v) is 10.4. The van der Waals surface area contributed by atoms with Crippen molar-refractivity contribution < 1.29 is 95.4 Å². The average molecular weight is 1020 g/mol. The van der Waals surface area contributed by atoms with Gasteiger partial charge < -0.3 is 52.4 Å². The minimum Gasteiger partial charge on any atom is -0.463 e. The van der Waals surface area contributed by atoms with Crippen molar-refractivity contribution in [3.05, 3.63) is 107 Å². The van der Waals surface area contributed by atoms with E-state index in [1.165, 1.54) is 74.6 Å². The van der Waals surface area contributed by atoms with Gasteiger partial charge in [-0.25, -0.2) is 43.3 Å². The fourth-order valence-electron chi connectivity index (χ4n) is 6.65. The van der Waals surface area contributed by atoms with Gasteiger partial charge in [0.2, 0.25) is 0 Å². The van der Waals surface area contributed by atoms with Gasteiger partial charge in [-0.1, -0.05) is 68.7 Å². The molecule has 1 heterocycles. The van der Waals surface area contributed by atoms with Crippen molar-refractivity contribution in [2.45, 2.75) is 40.0 Å². The zero-order valence-corrected chi connectivity index (χ0v) is 40.7. The second kappa shape index (κ2) is 29.1. The maximum absolute atomic E-state index is 13.9. The van der Waals surface area contributed by atoms with E-state index < -0.39 is 111 Å². The number of urea groups is 2. The van der Waals surface area contributed by atoms with Crippen LogP contribution in [-0.4, -0.2) is 166 Å². The lowest BCUT2D eigenvalue weighted by molar-refractivity contribution is -0.159.